The van der Waals surface area contributed by atoms with Gasteiger partial charge in [0.15, 0.2) is 17.5 Å². The Morgan fingerprint density at radius 3 is 1.43 bits per heavy atom. The fraction of sp³-hybridized carbons (Fsp3) is 0.375. The summed E-state index contributed by atoms with van der Waals surface area (Å²) in [6, 6.07) is 5.56. The normalized spacial score (nSPS) is 16.1. The number of aromatic nitrogens is 14. The van der Waals surface area contributed by atoms with Gasteiger partial charge in [0.1, 0.15) is 72.2 Å². The number of amides is 4. The number of anilines is 3. The van der Waals surface area contributed by atoms with Crippen LogP contribution >= 0.6 is 34.8 Å². The lowest BCUT2D eigenvalue weighted by atomic mass is 9.76. The van der Waals surface area contributed by atoms with Crippen molar-refractivity contribution in [3.63, 3.8) is 0 Å². The molecule has 8 N–H and O–H groups in total. The van der Waals surface area contributed by atoms with E-state index in [2.05, 4.69) is 80.4 Å². The summed E-state index contributed by atoms with van der Waals surface area (Å²) in [5.41, 5.74) is 1.27. The van der Waals surface area contributed by atoms with Gasteiger partial charge >= 0.3 is 24.6 Å². The molecular formula is C56H65Cl3F9N21O5. The molecule has 2 saturated carbocycles. The van der Waals surface area contributed by atoms with Crippen molar-refractivity contribution in [3.8, 4) is 34.2 Å². The molecule has 1 atom stereocenters. The zero-order chi connectivity index (χ0) is 67.2. The Hall–Kier alpha value is -9.51. The smallest absolute Gasteiger partial charge is 0.409 e. The van der Waals surface area contributed by atoms with Crippen molar-refractivity contribution in [2.75, 3.05) is 61.4 Å². The molecule has 0 radical (unpaired) electrons. The van der Waals surface area contributed by atoms with E-state index < -0.39 is 79.1 Å². The molecule has 10 heterocycles. The molecule has 94 heavy (non-hydrogen) atoms. The summed E-state index contributed by atoms with van der Waals surface area (Å²) in [5.74, 6) is -0.896. The highest BCUT2D eigenvalue weighted by Crippen LogP contribution is 2.38. The zero-order valence-corrected chi connectivity index (χ0v) is 51.1. The van der Waals surface area contributed by atoms with Gasteiger partial charge in [-0.2, -0.15) is 49.5 Å². The van der Waals surface area contributed by atoms with Crippen molar-refractivity contribution in [3.05, 3.63) is 95.4 Å². The van der Waals surface area contributed by atoms with Crippen LogP contribution in [0.15, 0.2) is 80.3 Å². The highest BCUT2D eigenvalue weighted by atomic mass is 35.5. The molecule has 508 valence electrons. The van der Waals surface area contributed by atoms with Gasteiger partial charge in [-0.15, -0.1) is 0 Å². The number of hydrogen-bond donors (Lipinski definition) is 8. The van der Waals surface area contributed by atoms with Gasteiger partial charge in [-0.25, -0.2) is 49.7 Å². The molecule has 38 heteroatoms. The van der Waals surface area contributed by atoms with E-state index in [1.165, 1.54) is 42.3 Å². The number of fused-ring (bicyclic) bond motifs is 3. The van der Waals surface area contributed by atoms with E-state index in [1.54, 1.807) is 54.7 Å². The predicted molar refractivity (Wildman–Crippen MR) is 337 cm³/mol. The molecule has 26 nitrogen and oxygen atoms in total. The van der Waals surface area contributed by atoms with Gasteiger partial charge < -0.3 is 56.1 Å². The summed E-state index contributed by atoms with van der Waals surface area (Å²) in [5, 5.41) is 15.1. The molecule has 9 aromatic heterocycles. The van der Waals surface area contributed by atoms with Gasteiger partial charge in [-0.05, 0) is 63.3 Å². The molecule has 9 aromatic rings. The average Bonchev–Trinajstić information content (AvgIpc) is 1.12. The number of carbonyl (C=O) groups is 4. The third-order valence-corrected chi connectivity index (χ3v) is 15.7. The molecular weight excluding hydrogens is 1320 g/mol. The summed E-state index contributed by atoms with van der Waals surface area (Å²) in [6.07, 6.45) is 2.98. The molecule has 0 spiro atoms. The maximum Gasteiger partial charge on any atom is 0.409 e. The summed E-state index contributed by atoms with van der Waals surface area (Å²) < 4.78 is 118. The summed E-state index contributed by atoms with van der Waals surface area (Å²) in [4.78, 5) is 108. The van der Waals surface area contributed by atoms with Gasteiger partial charge in [0.2, 0.25) is 29.6 Å². The van der Waals surface area contributed by atoms with Crippen LogP contribution in [0.1, 0.15) is 60.4 Å². The van der Waals surface area contributed by atoms with Crippen molar-refractivity contribution in [1.82, 2.24) is 90.6 Å². The zero-order valence-electron chi connectivity index (χ0n) is 48.9. The van der Waals surface area contributed by atoms with Gasteiger partial charge in [-0.3, -0.25) is 14.4 Å². The van der Waals surface area contributed by atoms with Crippen molar-refractivity contribution >= 4 is 109 Å². The maximum atomic E-state index is 12.8. The van der Waals surface area contributed by atoms with E-state index in [0.29, 0.717) is 133 Å². The van der Waals surface area contributed by atoms with E-state index in [0.717, 1.165) is 0 Å². The number of alkyl halides is 9. The Kier molecular flexibility index (Phi) is 20.1. The molecule has 12 rings (SSSR count). The van der Waals surface area contributed by atoms with Crippen LogP contribution in [0, 0.1) is 0 Å². The highest BCUT2D eigenvalue weighted by Gasteiger charge is 2.47. The SMILES string of the molecule is CCOC(=O)N1CCN(c2ccnc(-c3c[nH]c4ncc(Cl)cc34)n2)[C@H](C(=O)NCC(F)(F)F)C1.O=C(NCC(F)(F)F)C1(Nc2ncnc(-c3c[nH]c4ncc(Cl)cc34)n2)CCC1.O=C(NCC(F)(F)F)C1(Nc2ncnc(-c3c[nH]c4ncc(Cl)cc34)n2)CCCC1.[HH].[HH].[HH].[HH].[HH].[HH]. The minimum atomic E-state index is -4.58. The number of piperazine rings is 1. The molecule has 0 bridgehead atoms. The molecule has 3 aliphatic rings. The monoisotopic (exact) mass is 1390 g/mol. The Labute approximate surface area is 548 Å². The van der Waals surface area contributed by atoms with Crippen molar-refractivity contribution in [2.45, 2.75) is 87.5 Å². The number of rotatable bonds is 15. The van der Waals surface area contributed by atoms with Crippen LogP contribution in [0.25, 0.3) is 67.3 Å². The lowest BCUT2D eigenvalue weighted by Gasteiger charge is -2.40. The van der Waals surface area contributed by atoms with E-state index in [9.17, 15) is 58.7 Å². The minimum Gasteiger partial charge on any atom is -0.450 e. The van der Waals surface area contributed by atoms with Gasteiger partial charge in [0.05, 0.1) is 28.2 Å². The second-order valence-corrected chi connectivity index (χ2v) is 22.8. The number of nitrogens with one attached hydrogen (secondary N) is 8. The Bertz CT molecular complexity index is 4250. The van der Waals surface area contributed by atoms with E-state index in [4.69, 9.17) is 39.5 Å². The van der Waals surface area contributed by atoms with E-state index in [-0.39, 0.29) is 46.7 Å². The molecule has 1 saturated heterocycles. The lowest BCUT2D eigenvalue weighted by Crippen LogP contribution is -2.61. The van der Waals surface area contributed by atoms with Gasteiger partial charge in [0, 0.05) is 97.9 Å². The fourth-order valence-corrected chi connectivity index (χ4v) is 11.0. The van der Waals surface area contributed by atoms with Gasteiger partial charge in [0.25, 0.3) is 0 Å². The van der Waals surface area contributed by atoms with Crippen molar-refractivity contribution in [2.24, 2.45) is 0 Å². The lowest BCUT2D eigenvalue weighted by molar-refractivity contribution is -0.142. The number of halogens is 12. The average molecular weight is 1390 g/mol. The van der Waals surface area contributed by atoms with Crippen LogP contribution in [0.3, 0.4) is 0 Å². The maximum absolute atomic E-state index is 12.8. The minimum absolute atomic E-state index is 0. The van der Waals surface area contributed by atoms with Crippen LogP contribution in [0.4, 0.5) is 62.0 Å². The first kappa shape index (κ1) is 67.4. The second-order valence-electron chi connectivity index (χ2n) is 21.5. The van der Waals surface area contributed by atoms with Crippen LogP contribution in [0.2, 0.25) is 15.1 Å². The molecule has 3 fully saturated rings. The molecule has 2 aliphatic carbocycles. The van der Waals surface area contributed by atoms with E-state index >= 15 is 0 Å². The highest BCUT2D eigenvalue weighted by molar-refractivity contribution is 6.32. The van der Waals surface area contributed by atoms with Crippen LogP contribution < -0.4 is 31.5 Å². The van der Waals surface area contributed by atoms with E-state index in [1.807, 2.05) is 16.0 Å². The largest absolute Gasteiger partial charge is 0.450 e. The molecule has 1 aliphatic heterocycles. The first-order valence-corrected chi connectivity index (χ1v) is 29.7. The topological polar surface area (TPSA) is 333 Å². The summed E-state index contributed by atoms with van der Waals surface area (Å²) in [6.45, 7) is -2.35. The Morgan fingerprint density at radius 1 is 0.585 bits per heavy atom. The van der Waals surface area contributed by atoms with Crippen LogP contribution in [-0.4, -0.2) is 180 Å². The van der Waals surface area contributed by atoms with Crippen molar-refractivity contribution in [1.29, 1.82) is 0 Å². The Balaban J connectivity index is 0.000000310. The quantitative estimate of drug-likeness (QED) is 0.0442. The number of hydrogen-bond acceptors (Lipinski definition) is 19. The summed E-state index contributed by atoms with van der Waals surface area (Å²) in [7, 11) is 0. The number of nitrogens with zero attached hydrogens (tertiary/aromatic N) is 13. The number of carbonyl (C=O) groups excluding carboxylic acids is 4. The standard InChI is InChI=1S/C21H21ClF3N7O3.C18H17ClF3N7O.C17H15ClF3N7O.6H2/c1-2-35-20(34)31-5-6-32(15(10-31)19(33)29-11-21(23,24)25)16-3-4-26-18(30-16)14-9-28-17-13(14)7-12(22)8-27-17;19-10-5-11-12(7-24-13(11)23-6-10)14-26-9-27-16(28-14)29-17(3-1-2-4-17)15(30)25-8-18(20,21)22;18-9-4-10-11(6-23-12(10)22-5-9)13-25-8-26-15(27-13)28-16(2-1-3-16)14(29)24-7-17(19,20)21;;;;;;/h3-4,7-9,15H,2,5-6,10-11H2,1H3,(H,27,28)(H,29,33);5-7,9H,1-4,8H2,(H,23,24)(H,25,30)(H,26,27,28,29);4-6,8H,1-3,7H2,(H,22,23)(H,24,29)(H,25,26,27,28);6*1H/t15-;;;;;;;;/m0......../s1. The second kappa shape index (κ2) is 28.0. The van der Waals surface area contributed by atoms with Crippen molar-refractivity contribution < 1.29 is 72.0 Å². The summed E-state index contributed by atoms with van der Waals surface area (Å²) >= 11 is 18.1. The third-order valence-electron chi connectivity index (χ3n) is 15.1. The fourth-order valence-electron chi connectivity index (χ4n) is 10.5. The number of pyridine rings is 3. The number of H-pyrrole nitrogens is 3. The first-order valence-electron chi connectivity index (χ1n) is 28.6. The number of ether oxygens (including phenoxy) is 1. The third kappa shape index (κ3) is 16.3. The first-order chi connectivity index (χ1) is 44.7. The Morgan fingerprint density at radius 2 is 1.01 bits per heavy atom. The van der Waals surface area contributed by atoms with Crippen LogP contribution in [-0.2, 0) is 19.1 Å². The molecule has 0 unspecified atom stereocenters. The number of aromatic amines is 3. The molecule has 4 amide bonds. The van der Waals surface area contributed by atoms with Gasteiger partial charge in [-0.1, -0.05) is 47.6 Å². The molecule has 0 aromatic carbocycles. The van der Waals surface area contributed by atoms with Crippen LogP contribution in [0.5, 0.6) is 0 Å². The predicted octanol–water partition coefficient (Wildman–Crippen LogP) is 11.0.